The van der Waals surface area contributed by atoms with Crippen molar-refractivity contribution in [2.45, 2.75) is 19.8 Å². The molecule has 0 saturated carbocycles. The predicted molar refractivity (Wildman–Crippen MR) is 72.8 cm³/mol. The lowest BCUT2D eigenvalue weighted by molar-refractivity contribution is -0.121. The fraction of sp³-hybridized carbons (Fsp3) is 0.357. The van der Waals surface area contributed by atoms with Gasteiger partial charge in [0.25, 0.3) is 0 Å². The first-order valence-corrected chi connectivity index (χ1v) is 6.10. The maximum absolute atomic E-state index is 11.2. The third-order valence-corrected chi connectivity index (χ3v) is 2.57. The van der Waals surface area contributed by atoms with Crippen LogP contribution in [0.15, 0.2) is 18.2 Å². The minimum atomic E-state index is -0.0515. The van der Waals surface area contributed by atoms with Gasteiger partial charge < -0.3 is 10.1 Å². The molecule has 1 aromatic carbocycles. The molecule has 3 nitrogen and oxygen atoms in total. The van der Waals surface area contributed by atoms with E-state index in [2.05, 4.69) is 11.2 Å². The van der Waals surface area contributed by atoms with Gasteiger partial charge in [0.1, 0.15) is 5.75 Å². The Morgan fingerprint density at radius 1 is 1.56 bits per heavy atom. The fourth-order valence-corrected chi connectivity index (χ4v) is 1.65. The molecular formula is C14H16ClNO2. The van der Waals surface area contributed by atoms with Gasteiger partial charge in [-0.2, -0.15) is 0 Å². The average Bonchev–Trinajstić information content (AvgIpc) is 2.34. The molecular weight excluding hydrogens is 250 g/mol. The lowest BCUT2D eigenvalue weighted by atomic mass is 10.2. The first kappa shape index (κ1) is 14.4. The maximum atomic E-state index is 11.2. The van der Waals surface area contributed by atoms with E-state index in [1.807, 2.05) is 19.1 Å². The number of benzene rings is 1. The normalized spacial score (nSPS) is 9.61. The van der Waals surface area contributed by atoms with Gasteiger partial charge in [-0.1, -0.05) is 17.5 Å². The number of hydrogen-bond donors (Lipinski definition) is 1. The Hall–Kier alpha value is -1.66. The zero-order chi connectivity index (χ0) is 13.4. The molecule has 0 fully saturated rings. The molecule has 1 rings (SSSR count). The number of carbonyl (C=O) groups excluding carboxylic acids is 1. The zero-order valence-corrected chi connectivity index (χ0v) is 11.1. The van der Waals surface area contributed by atoms with E-state index in [1.54, 1.807) is 6.07 Å². The summed E-state index contributed by atoms with van der Waals surface area (Å²) < 4.78 is 5.57. The number of aryl methyl sites for hydroxylation is 1. The summed E-state index contributed by atoms with van der Waals surface area (Å²) in [6.45, 7) is 2.70. The summed E-state index contributed by atoms with van der Waals surface area (Å²) in [5, 5.41) is 3.29. The molecule has 0 atom stereocenters. The molecule has 0 aliphatic carbocycles. The standard InChI is InChI=1S/C14H16ClNO2/c1-3-8-16-14(17)5-4-9-18-13-7-6-12(15)10-11(13)2/h1,6-7,10H,4-5,8-9H2,2H3,(H,16,17). The molecule has 96 valence electrons. The van der Waals surface area contributed by atoms with Gasteiger partial charge in [0, 0.05) is 11.4 Å². The lowest BCUT2D eigenvalue weighted by Crippen LogP contribution is -2.23. The van der Waals surface area contributed by atoms with Crippen molar-refractivity contribution in [1.82, 2.24) is 5.32 Å². The number of ether oxygens (including phenoxy) is 1. The second-order valence-electron chi connectivity index (χ2n) is 3.84. The quantitative estimate of drug-likeness (QED) is 0.634. The minimum absolute atomic E-state index is 0.0515. The Morgan fingerprint density at radius 2 is 2.33 bits per heavy atom. The van der Waals surface area contributed by atoms with E-state index in [1.165, 1.54) is 0 Å². The van der Waals surface area contributed by atoms with Crippen molar-refractivity contribution in [3.8, 4) is 18.1 Å². The molecule has 0 radical (unpaired) electrons. The lowest BCUT2D eigenvalue weighted by Gasteiger charge is -2.09. The monoisotopic (exact) mass is 265 g/mol. The highest BCUT2D eigenvalue weighted by atomic mass is 35.5. The number of halogens is 1. The molecule has 0 aliphatic heterocycles. The molecule has 18 heavy (non-hydrogen) atoms. The van der Waals surface area contributed by atoms with Crippen LogP contribution in [-0.4, -0.2) is 19.1 Å². The van der Waals surface area contributed by atoms with E-state index >= 15 is 0 Å². The van der Waals surface area contributed by atoms with Gasteiger partial charge in [0.15, 0.2) is 0 Å². The van der Waals surface area contributed by atoms with Crippen LogP contribution < -0.4 is 10.1 Å². The second kappa shape index (κ2) is 7.62. The van der Waals surface area contributed by atoms with Crippen molar-refractivity contribution in [2.24, 2.45) is 0 Å². The van der Waals surface area contributed by atoms with Crippen molar-refractivity contribution in [3.63, 3.8) is 0 Å². The van der Waals surface area contributed by atoms with Gasteiger partial charge >= 0.3 is 0 Å². The van der Waals surface area contributed by atoms with E-state index in [0.717, 1.165) is 11.3 Å². The molecule has 0 spiro atoms. The van der Waals surface area contributed by atoms with Gasteiger partial charge in [-0.25, -0.2) is 0 Å². The summed E-state index contributed by atoms with van der Waals surface area (Å²) >= 11 is 5.84. The highest BCUT2D eigenvalue weighted by Gasteiger charge is 2.02. The van der Waals surface area contributed by atoms with Crippen molar-refractivity contribution in [1.29, 1.82) is 0 Å². The van der Waals surface area contributed by atoms with E-state index in [0.29, 0.717) is 24.5 Å². The summed E-state index contributed by atoms with van der Waals surface area (Å²) in [5.74, 6) is 3.10. The van der Waals surface area contributed by atoms with Crippen LogP contribution in [0.1, 0.15) is 18.4 Å². The largest absolute Gasteiger partial charge is 0.493 e. The predicted octanol–water partition coefficient (Wildman–Crippen LogP) is 2.56. The first-order valence-electron chi connectivity index (χ1n) is 5.72. The summed E-state index contributed by atoms with van der Waals surface area (Å²) in [6.07, 6.45) is 6.10. The van der Waals surface area contributed by atoms with Crippen molar-refractivity contribution >= 4 is 17.5 Å². The van der Waals surface area contributed by atoms with Crippen LogP contribution in [-0.2, 0) is 4.79 Å². The summed E-state index contributed by atoms with van der Waals surface area (Å²) in [4.78, 5) is 11.2. The van der Waals surface area contributed by atoms with Crippen molar-refractivity contribution in [3.05, 3.63) is 28.8 Å². The first-order chi connectivity index (χ1) is 8.63. The van der Waals surface area contributed by atoms with E-state index in [9.17, 15) is 4.79 Å². The SMILES string of the molecule is C#CCNC(=O)CCCOc1ccc(Cl)cc1C. The molecule has 0 heterocycles. The Balaban J connectivity index is 2.26. The maximum Gasteiger partial charge on any atom is 0.220 e. The fourth-order valence-electron chi connectivity index (χ4n) is 1.43. The third kappa shape index (κ3) is 5.11. The van der Waals surface area contributed by atoms with Crippen LogP contribution in [0.25, 0.3) is 0 Å². The van der Waals surface area contributed by atoms with Crippen molar-refractivity contribution in [2.75, 3.05) is 13.2 Å². The molecule has 1 N–H and O–H groups in total. The van der Waals surface area contributed by atoms with Crippen LogP contribution >= 0.6 is 11.6 Å². The van der Waals surface area contributed by atoms with Crippen LogP contribution in [0, 0.1) is 19.3 Å². The zero-order valence-electron chi connectivity index (χ0n) is 10.3. The Morgan fingerprint density at radius 3 is 3.00 bits per heavy atom. The molecule has 0 saturated heterocycles. The molecule has 0 bridgehead atoms. The summed E-state index contributed by atoms with van der Waals surface area (Å²) in [6, 6.07) is 5.45. The van der Waals surface area contributed by atoms with Gasteiger partial charge in [-0.05, 0) is 37.1 Å². The third-order valence-electron chi connectivity index (χ3n) is 2.33. The van der Waals surface area contributed by atoms with Crippen LogP contribution in [0.5, 0.6) is 5.75 Å². The Bertz CT molecular complexity index is 452. The van der Waals surface area contributed by atoms with Gasteiger partial charge in [-0.15, -0.1) is 6.42 Å². The molecule has 0 aliphatic rings. The number of rotatable bonds is 6. The Labute approximate surface area is 112 Å². The number of terminal acetylenes is 1. The number of hydrogen-bond acceptors (Lipinski definition) is 2. The van der Waals surface area contributed by atoms with Crippen LogP contribution in [0.3, 0.4) is 0 Å². The van der Waals surface area contributed by atoms with E-state index in [-0.39, 0.29) is 12.5 Å². The van der Waals surface area contributed by atoms with Crippen molar-refractivity contribution < 1.29 is 9.53 Å². The second-order valence-corrected chi connectivity index (χ2v) is 4.28. The number of nitrogens with one attached hydrogen (secondary N) is 1. The average molecular weight is 266 g/mol. The van der Waals surface area contributed by atoms with E-state index < -0.39 is 0 Å². The molecule has 0 aromatic heterocycles. The van der Waals surface area contributed by atoms with Gasteiger partial charge in [0.2, 0.25) is 5.91 Å². The minimum Gasteiger partial charge on any atom is -0.493 e. The number of carbonyl (C=O) groups is 1. The van der Waals surface area contributed by atoms with E-state index in [4.69, 9.17) is 22.8 Å². The van der Waals surface area contributed by atoms with Gasteiger partial charge in [-0.3, -0.25) is 4.79 Å². The number of amides is 1. The molecule has 1 amide bonds. The molecule has 0 unspecified atom stereocenters. The van der Waals surface area contributed by atoms with Crippen LogP contribution in [0.2, 0.25) is 5.02 Å². The summed E-state index contributed by atoms with van der Waals surface area (Å²) in [7, 11) is 0. The highest BCUT2D eigenvalue weighted by Crippen LogP contribution is 2.21. The topological polar surface area (TPSA) is 38.3 Å². The highest BCUT2D eigenvalue weighted by molar-refractivity contribution is 6.30. The molecule has 4 heteroatoms. The Kier molecular flexibility index (Phi) is 6.10. The van der Waals surface area contributed by atoms with Crippen LogP contribution in [0.4, 0.5) is 0 Å². The molecule has 1 aromatic rings. The van der Waals surface area contributed by atoms with Gasteiger partial charge in [0.05, 0.1) is 13.2 Å². The summed E-state index contributed by atoms with van der Waals surface area (Å²) in [5.41, 5.74) is 0.985. The smallest absolute Gasteiger partial charge is 0.220 e.